The number of likely N-dealkylation sites (N-methyl/N-ethyl adjacent to an activating group) is 1. The Balaban J connectivity index is 1.53. The van der Waals surface area contributed by atoms with Crippen molar-refractivity contribution in [1.29, 1.82) is 0 Å². The highest BCUT2D eigenvalue weighted by atomic mass is 19.1. The van der Waals surface area contributed by atoms with E-state index in [1.54, 1.807) is 23.2 Å². The summed E-state index contributed by atoms with van der Waals surface area (Å²) in [4.78, 5) is 28.4. The minimum atomic E-state index is -0.329. The number of carbonyl (C=O) groups excluding carboxylic acids is 1. The van der Waals surface area contributed by atoms with Crippen LogP contribution in [0.4, 0.5) is 4.39 Å². The Kier molecular flexibility index (Phi) is 6.14. The van der Waals surface area contributed by atoms with Gasteiger partial charge < -0.3 is 9.47 Å². The monoisotopic (exact) mass is 468 g/mol. The van der Waals surface area contributed by atoms with Gasteiger partial charge in [-0.05, 0) is 36.2 Å². The highest BCUT2D eigenvalue weighted by molar-refractivity contribution is 6.07. The molecule has 0 saturated heterocycles. The predicted molar refractivity (Wildman–Crippen MR) is 135 cm³/mol. The molecule has 0 aliphatic heterocycles. The average Bonchev–Trinajstić information content (AvgIpc) is 3.20. The molecule has 2 heterocycles. The van der Waals surface area contributed by atoms with Crippen molar-refractivity contribution in [1.82, 2.24) is 19.2 Å². The Morgan fingerprint density at radius 2 is 1.63 bits per heavy atom. The van der Waals surface area contributed by atoms with Crippen molar-refractivity contribution in [2.45, 2.75) is 26.6 Å². The smallest absolute Gasteiger partial charge is 0.291 e. The Bertz CT molecular complexity index is 1560. The Hall–Kier alpha value is -4.26. The van der Waals surface area contributed by atoms with E-state index in [1.807, 2.05) is 66.1 Å². The topological polar surface area (TPSA) is 60.1 Å². The van der Waals surface area contributed by atoms with Crippen molar-refractivity contribution in [2.75, 3.05) is 6.54 Å². The molecule has 0 radical (unpaired) electrons. The second kappa shape index (κ2) is 9.54. The fraction of sp³-hybridized carbons (Fsp3) is 0.179. The van der Waals surface area contributed by atoms with E-state index in [4.69, 9.17) is 0 Å². The SMILES string of the molecule is CCN(Cc1ccccc1)C(=O)Cn1ncc2c3ccccc3n(Cc3ccc(F)cc3)c2c1=O. The van der Waals surface area contributed by atoms with Crippen LogP contribution in [0.3, 0.4) is 0 Å². The summed E-state index contributed by atoms with van der Waals surface area (Å²) >= 11 is 0. The third kappa shape index (κ3) is 4.45. The minimum absolute atomic E-state index is 0.145. The highest BCUT2D eigenvalue weighted by Gasteiger charge is 2.19. The zero-order valence-electron chi connectivity index (χ0n) is 19.4. The van der Waals surface area contributed by atoms with Crippen molar-refractivity contribution in [3.05, 3.63) is 112 Å². The summed E-state index contributed by atoms with van der Waals surface area (Å²) < 4.78 is 16.6. The van der Waals surface area contributed by atoms with Crippen molar-refractivity contribution in [2.24, 2.45) is 0 Å². The third-order valence-electron chi connectivity index (χ3n) is 6.26. The van der Waals surface area contributed by atoms with Crippen molar-refractivity contribution >= 4 is 27.7 Å². The first-order valence-corrected chi connectivity index (χ1v) is 11.6. The molecule has 5 rings (SSSR count). The van der Waals surface area contributed by atoms with Crippen LogP contribution in [0.25, 0.3) is 21.8 Å². The van der Waals surface area contributed by atoms with Gasteiger partial charge in [0.05, 0.1) is 6.20 Å². The lowest BCUT2D eigenvalue weighted by molar-refractivity contribution is -0.132. The van der Waals surface area contributed by atoms with Gasteiger partial charge in [-0.1, -0.05) is 60.7 Å². The van der Waals surface area contributed by atoms with Crippen LogP contribution in [0.15, 0.2) is 89.9 Å². The number of benzene rings is 3. The van der Waals surface area contributed by atoms with Gasteiger partial charge in [-0.15, -0.1) is 0 Å². The molecule has 1 amide bonds. The normalized spacial score (nSPS) is 11.3. The van der Waals surface area contributed by atoms with E-state index >= 15 is 0 Å². The van der Waals surface area contributed by atoms with Gasteiger partial charge in [-0.3, -0.25) is 9.59 Å². The fourth-order valence-electron chi connectivity index (χ4n) is 4.45. The fourth-order valence-corrected chi connectivity index (χ4v) is 4.45. The van der Waals surface area contributed by atoms with Gasteiger partial charge in [0.1, 0.15) is 17.9 Å². The number of hydrogen-bond acceptors (Lipinski definition) is 3. The predicted octanol–water partition coefficient (Wildman–Crippen LogP) is 4.59. The molecule has 3 aromatic carbocycles. The molecule has 2 aromatic heterocycles. The zero-order chi connectivity index (χ0) is 24.4. The van der Waals surface area contributed by atoms with E-state index in [0.29, 0.717) is 25.2 Å². The number of hydrogen-bond donors (Lipinski definition) is 0. The lowest BCUT2D eigenvalue weighted by Gasteiger charge is -2.21. The van der Waals surface area contributed by atoms with Crippen LogP contribution in [0.1, 0.15) is 18.1 Å². The summed E-state index contributed by atoms with van der Waals surface area (Å²) in [5.41, 5.74) is 2.93. The maximum absolute atomic E-state index is 13.6. The lowest BCUT2D eigenvalue weighted by Crippen LogP contribution is -2.37. The van der Waals surface area contributed by atoms with Gasteiger partial charge in [0, 0.05) is 35.9 Å². The maximum Gasteiger partial charge on any atom is 0.291 e. The summed E-state index contributed by atoms with van der Waals surface area (Å²) in [5, 5.41) is 5.98. The number of para-hydroxylation sites is 1. The largest absolute Gasteiger partial charge is 0.337 e. The second-order valence-electron chi connectivity index (χ2n) is 8.49. The van der Waals surface area contributed by atoms with E-state index in [0.717, 1.165) is 27.4 Å². The van der Waals surface area contributed by atoms with E-state index in [-0.39, 0.29) is 23.8 Å². The Labute approximate surface area is 201 Å². The molecular formula is C28H25FN4O2. The molecule has 0 fully saturated rings. The third-order valence-corrected chi connectivity index (χ3v) is 6.26. The molecule has 0 saturated carbocycles. The summed E-state index contributed by atoms with van der Waals surface area (Å²) in [6, 6.07) is 23.7. The number of halogens is 1. The number of carbonyl (C=O) groups is 1. The van der Waals surface area contributed by atoms with Crippen LogP contribution < -0.4 is 5.56 Å². The average molecular weight is 469 g/mol. The summed E-state index contributed by atoms with van der Waals surface area (Å²) in [6.07, 6.45) is 1.65. The van der Waals surface area contributed by atoms with Crippen molar-refractivity contribution < 1.29 is 9.18 Å². The van der Waals surface area contributed by atoms with Gasteiger partial charge in [0.2, 0.25) is 5.91 Å². The molecule has 0 spiro atoms. The van der Waals surface area contributed by atoms with E-state index < -0.39 is 0 Å². The zero-order valence-corrected chi connectivity index (χ0v) is 19.4. The van der Waals surface area contributed by atoms with Gasteiger partial charge in [0.15, 0.2) is 0 Å². The Morgan fingerprint density at radius 1 is 0.914 bits per heavy atom. The molecule has 0 atom stereocenters. The molecule has 0 N–H and O–H groups in total. The summed E-state index contributed by atoms with van der Waals surface area (Å²) in [5.74, 6) is -0.483. The summed E-state index contributed by atoms with van der Waals surface area (Å²) in [6.45, 7) is 3.16. The van der Waals surface area contributed by atoms with Crippen molar-refractivity contribution in [3.63, 3.8) is 0 Å². The number of aromatic nitrogens is 3. The molecule has 6 nitrogen and oxygen atoms in total. The van der Waals surface area contributed by atoms with Crippen LogP contribution in [0.5, 0.6) is 0 Å². The summed E-state index contributed by atoms with van der Waals surface area (Å²) in [7, 11) is 0. The van der Waals surface area contributed by atoms with Crippen LogP contribution in [0, 0.1) is 5.82 Å². The molecule has 7 heteroatoms. The number of nitrogens with zero attached hydrogens (tertiary/aromatic N) is 4. The van der Waals surface area contributed by atoms with Gasteiger partial charge in [-0.2, -0.15) is 5.10 Å². The Morgan fingerprint density at radius 3 is 2.37 bits per heavy atom. The maximum atomic E-state index is 13.6. The van der Waals surface area contributed by atoms with Gasteiger partial charge in [0.25, 0.3) is 5.56 Å². The molecular weight excluding hydrogens is 443 g/mol. The first-order valence-electron chi connectivity index (χ1n) is 11.6. The van der Waals surface area contributed by atoms with E-state index in [1.165, 1.54) is 16.8 Å². The first kappa shape index (κ1) is 22.5. The van der Waals surface area contributed by atoms with Crippen LogP contribution in [-0.2, 0) is 24.4 Å². The number of amides is 1. The number of fused-ring (bicyclic) bond motifs is 3. The van der Waals surface area contributed by atoms with Crippen molar-refractivity contribution in [3.8, 4) is 0 Å². The highest BCUT2D eigenvalue weighted by Crippen LogP contribution is 2.27. The molecule has 0 unspecified atom stereocenters. The molecule has 0 bridgehead atoms. The molecule has 5 aromatic rings. The van der Waals surface area contributed by atoms with E-state index in [9.17, 15) is 14.0 Å². The standard InChI is InChI=1S/C28H25FN4O2/c1-2-31(17-20-8-4-3-5-9-20)26(34)19-33-28(35)27-24(16-30-33)23-10-6-7-11-25(23)32(27)18-21-12-14-22(29)15-13-21/h3-16H,2,17-19H2,1H3. The van der Waals surface area contributed by atoms with Gasteiger partial charge >= 0.3 is 0 Å². The molecule has 35 heavy (non-hydrogen) atoms. The lowest BCUT2D eigenvalue weighted by atomic mass is 10.2. The van der Waals surface area contributed by atoms with Crippen LogP contribution in [-0.4, -0.2) is 31.7 Å². The van der Waals surface area contributed by atoms with E-state index in [2.05, 4.69) is 5.10 Å². The first-order chi connectivity index (χ1) is 17.0. The van der Waals surface area contributed by atoms with Crippen LogP contribution >= 0.6 is 0 Å². The number of rotatable bonds is 7. The molecule has 176 valence electrons. The van der Waals surface area contributed by atoms with Gasteiger partial charge in [-0.25, -0.2) is 9.07 Å². The minimum Gasteiger partial charge on any atom is -0.337 e. The second-order valence-corrected chi connectivity index (χ2v) is 8.49. The quantitative estimate of drug-likeness (QED) is 0.351. The molecule has 0 aliphatic carbocycles. The van der Waals surface area contributed by atoms with Crippen LogP contribution in [0.2, 0.25) is 0 Å². The molecule has 0 aliphatic rings.